The van der Waals surface area contributed by atoms with Crippen LogP contribution in [0, 0.1) is 5.41 Å². The van der Waals surface area contributed by atoms with Gasteiger partial charge in [0.15, 0.2) is 0 Å². The molecule has 0 aliphatic heterocycles. The van der Waals surface area contributed by atoms with Crippen LogP contribution in [0.3, 0.4) is 0 Å². The number of amides is 1. The molecular weight excluding hydrogens is 256 g/mol. The van der Waals surface area contributed by atoms with Gasteiger partial charge in [-0.05, 0) is 25.3 Å². The molecule has 0 spiro atoms. The van der Waals surface area contributed by atoms with Gasteiger partial charge in [0.2, 0.25) is 5.91 Å². The third-order valence-corrected chi connectivity index (χ3v) is 4.26. The zero-order chi connectivity index (χ0) is 15.4. The lowest BCUT2D eigenvalue weighted by molar-refractivity contribution is -0.145. The van der Waals surface area contributed by atoms with Crippen molar-refractivity contribution < 1.29 is 14.7 Å². The Hall–Kier alpha value is -1.10. The molecule has 5 nitrogen and oxygen atoms in total. The average Bonchev–Trinajstić information content (AvgIpc) is 2.35. The van der Waals surface area contributed by atoms with Crippen molar-refractivity contribution in [2.24, 2.45) is 5.41 Å². The van der Waals surface area contributed by atoms with Crippen molar-refractivity contribution in [2.45, 2.75) is 70.9 Å². The van der Waals surface area contributed by atoms with Gasteiger partial charge >= 0.3 is 5.97 Å². The van der Waals surface area contributed by atoms with Crippen molar-refractivity contribution >= 4 is 11.9 Å². The Morgan fingerprint density at radius 2 is 1.75 bits per heavy atom. The summed E-state index contributed by atoms with van der Waals surface area (Å²) in [6.45, 7) is 5.46. The van der Waals surface area contributed by atoms with Crippen molar-refractivity contribution in [2.75, 3.05) is 7.05 Å². The van der Waals surface area contributed by atoms with Crippen LogP contribution in [0.1, 0.15) is 59.3 Å². The van der Waals surface area contributed by atoms with Crippen LogP contribution in [0.25, 0.3) is 0 Å². The lowest BCUT2D eigenvalue weighted by Crippen LogP contribution is -2.53. The number of carbonyl (C=O) groups is 2. The second kappa shape index (κ2) is 6.57. The maximum Gasteiger partial charge on any atom is 0.326 e. The Labute approximate surface area is 121 Å². The topological polar surface area (TPSA) is 78.4 Å². The minimum absolute atomic E-state index is 0.163. The smallest absolute Gasteiger partial charge is 0.326 e. The molecule has 1 rings (SSSR count). The van der Waals surface area contributed by atoms with Crippen LogP contribution in [0.2, 0.25) is 0 Å². The van der Waals surface area contributed by atoms with E-state index < -0.39 is 17.4 Å². The lowest BCUT2D eigenvalue weighted by atomic mass is 9.79. The van der Waals surface area contributed by atoms with Crippen LogP contribution in [-0.4, -0.2) is 35.6 Å². The predicted molar refractivity (Wildman–Crippen MR) is 78.5 cm³/mol. The zero-order valence-corrected chi connectivity index (χ0v) is 13.1. The number of aliphatic carboxylic acids is 1. The third-order valence-electron chi connectivity index (χ3n) is 4.26. The van der Waals surface area contributed by atoms with E-state index in [1.165, 1.54) is 6.42 Å². The largest absolute Gasteiger partial charge is 0.480 e. The fourth-order valence-corrected chi connectivity index (χ4v) is 2.91. The Kier molecular flexibility index (Phi) is 5.57. The van der Waals surface area contributed by atoms with Crippen LogP contribution < -0.4 is 10.6 Å². The van der Waals surface area contributed by atoms with E-state index in [-0.39, 0.29) is 11.4 Å². The molecule has 0 aromatic carbocycles. The zero-order valence-electron chi connectivity index (χ0n) is 13.1. The van der Waals surface area contributed by atoms with E-state index in [0.29, 0.717) is 6.42 Å². The van der Waals surface area contributed by atoms with Gasteiger partial charge in [0, 0.05) is 12.0 Å². The van der Waals surface area contributed by atoms with Crippen LogP contribution in [0.5, 0.6) is 0 Å². The monoisotopic (exact) mass is 284 g/mol. The molecular formula is C15H28N2O3. The molecule has 116 valence electrons. The normalized spacial score (nSPS) is 20.2. The molecule has 5 heteroatoms. The average molecular weight is 284 g/mol. The molecule has 1 atom stereocenters. The van der Waals surface area contributed by atoms with Crippen molar-refractivity contribution in [3.8, 4) is 0 Å². The first-order chi connectivity index (χ1) is 9.20. The predicted octanol–water partition coefficient (Wildman–Crippen LogP) is 1.91. The summed E-state index contributed by atoms with van der Waals surface area (Å²) in [4.78, 5) is 23.5. The number of carboxylic acids is 1. The quantitative estimate of drug-likeness (QED) is 0.720. The van der Waals surface area contributed by atoms with E-state index in [1.807, 2.05) is 27.8 Å². The van der Waals surface area contributed by atoms with Crippen LogP contribution in [-0.2, 0) is 9.59 Å². The molecule has 1 aliphatic carbocycles. The molecule has 0 bridgehead atoms. The summed E-state index contributed by atoms with van der Waals surface area (Å²) in [5.41, 5.74) is -0.663. The van der Waals surface area contributed by atoms with Gasteiger partial charge in [0.1, 0.15) is 6.04 Å². The van der Waals surface area contributed by atoms with E-state index in [4.69, 9.17) is 0 Å². The maximum absolute atomic E-state index is 12.2. The van der Waals surface area contributed by atoms with Crippen molar-refractivity contribution in [1.82, 2.24) is 10.6 Å². The fraction of sp³-hybridized carbons (Fsp3) is 0.867. The molecule has 1 aliphatic rings. The molecule has 0 radical (unpaired) electrons. The van der Waals surface area contributed by atoms with Crippen LogP contribution in [0.4, 0.5) is 0 Å². The molecule has 1 fully saturated rings. The molecule has 0 unspecified atom stereocenters. The number of rotatable bonds is 5. The van der Waals surface area contributed by atoms with E-state index in [0.717, 1.165) is 25.7 Å². The molecule has 3 N–H and O–H groups in total. The van der Waals surface area contributed by atoms with Crippen LogP contribution in [0.15, 0.2) is 0 Å². The summed E-state index contributed by atoms with van der Waals surface area (Å²) in [7, 11) is 1.89. The highest BCUT2D eigenvalue weighted by Crippen LogP contribution is 2.31. The summed E-state index contributed by atoms with van der Waals surface area (Å²) in [6.07, 6.45) is 5.76. The first kappa shape index (κ1) is 17.0. The Balaban J connectivity index is 2.67. The molecule has 1 amide bonds. The molecule has 0 aromatic rings. The fourth-order valence-electron chi connectivity index (χ4n) is 2.91. The minimum Gasteiger partial charge on any atom is -0.480 e. The number of hydrogen-bond donors (Lipinski definition) is 3. The summed E-state index contributed by atoms with van der Waals surface area (Å²) in [5.74, 6) is -1.16. The van der Waals surface area contributed by atoms with Gasteiger partial charge in [-0.25, -0.2) is 4.79 Å². The summed E-state index contributed by atoms with van der Waals surface area (Å²) in [5, 5.41) is 15.2. The second-order valence-electron chi connectivity index (χ2n) is 6.97. The Morgan fingerprint density at radius 1 is 1.20 bits per heavy atom. The highest BCUT2D eigenvalue weighted by molar-refractivity contribution is 5.84. The Morgan fingerprint density at radius 3 is 2.15 bits per heavy atom. The van der Waals surface area contributed by atoms with Crippen LogP contribution >= 0.6 is 0 Å². The highest BCUT2D eigenvalue weighted by atomic mass is 16.4. The van der Waals surface area contributed by atoms with Crippen molar-refractivity contribution in [1.29, 1.82) is 0 Å². The summed E-state index contributed by atoms with van der Waals surface area (Å²) < 4.78 is 0. The maximum atomic E-state index is 12.2. The summed E-state index contributed by atoms with van der Waals surface area (Å²) in [6, 6.07) is -0.854. The SMILES string of the molecule is CNC1(CC(=O)N[C@H](C(=O)O)C(C)(C)C)CCCCC1. The van der Waals surface area contributed by atoms with Gasteiger partial charge in [0.05, 0.1) is 0 Å². The van der Waals surface area contributed by atoms with E-state index in [2.05, 4.69) is 10.6 Å². The van der Waals surface area contributed by atoms with Gasteiger partial charge in [-0.15, -0.1) is 0 Å². The van der Waals surface area contributed by atoms with Crippen molar-refractivity contribution in [3.05, 3.63) is 0 Å². The first-order valence-corrected chi connectivity index (χ1v) is 7.41. The molecule has 20 heavy (non-hydrogen) atoms. The third kappa shape index (κ3) is 4.47. The van der Waals surface area contributed by atoms with Crippen molar-refractivity contribution in [3.63, 3.8) is 0 Å². The molecule has 0 saturated heterocycles. The van der Waals surface area contributed by atoms with Gasteiger partial charge in [-0.3, -0.25) is 4.79 Å². The first-order valence-electron chi connectivity index (χ1n) is 7.41. The van der Waals surface area contributed by atoms with Gasteiger partial charge in [-0.2, -0.15) is 0 Å². The number of carbonyl (C=O) groups excluding carboxylic acids is 1. The minimum atomic E-state index is -0.979. The van der Waals surface area contributed by atoms with E-state index in [1.54, 1.807) is 0 Å². The Bertz CT molecular complexity index is 355. The molecule has 0 heterocycles. The van der Waals surface area contributed by atoms with Gasteiger partial charge in [-0.1, -0.05) is 40.0 Å². The summed E-state index contributed by atoms with van der Waals surface area (Å²) >= 11 is 0. The second-order valence-corrected chi connectivity index (χ2v) is 6.97. The highest BCUT2D eigenvalue weighted by Gasteiger charge is 2.36. The van der Waals surface area contributed by atoms with Gasteiger partial charge in [0.25, 0.3) is 0 Å². The number of carboxylic acid groups (broad SMARTS) is 1. The van der Waals surface area contributed by atoms with Gasteiger partial charge < -0.3 is 15.7 Å². The van der Waals surface area contributed by atoms with E-state index in [9.17, 15) is 14.7 Å². The molecule has 1 saturated carbocycles. The number of nitrogens with one attached hydrogen (secondary N) is 2. The standard InChI is InChI=1S/C15H28N2O3/c1-14(2,3)12(13(19)20)17-11(18)10-15(16-4)8-6-5-7-9-15/h12,16H,5-10H2,1-4H3,(H,17,18)(H,19,20)/t12-/m1/s1. The lowest BCUT2D eigenvalue weighted by Gasteiger charge is -2.37. The van der Waals surface area contributed by atoms with E-state index >= 15 is 0 Å². The number of hydrogen-bond acceptors (Lipinski definition) is 3. The molecule has 0 aromatic heterocycles.